The molecule has 1 aromatic carbocycles. The molecule has 0 fully saturated rings. The van der Waals surface area contributed by atoms with Crippen LogP contribution >= 0.6 is 11.6 Å². The number of benzene rings is 1. The molecule has 0 bridgehead atoms. The van der Waals surface area contributed by atoms with Crippen molar-refractivity contribution in [3.63, 3.8) is 0 Å². The molecule has 7 heteroatoms. The van der Waals surface area contributed by atoms with Gasteiger partial charge in [-0.25, -0.2) is 8.42 Å². The summed E-state index contributed by atoms with van der Waals surface area (Å²) in [6, 6.07) is 6.63. The Morgan fingerprint density at radius 2 is 2.00 bits per heavy atom. The van der Waals surface area contributed by atoms with Crippen molar-refractivity contribution in [2.75, 3.05) is 19.3 Å². The molecule has 1 aromatic rings. The molecule has 0 aliphatic rings. The highest BCUT2D eigenvalue weighted by molar-refractivity contribution is 7.88. The van der Waals surface area contributed by atoms with Crippen LogP contribution in [0, 0.1) is 0 Å². The first kappa shape index (κ1) is 17.9. The topological polar surface area (TPSA) is 66.5 Å². The number of hydrogen-bond donors (Lipinski definition) is 1. The normalized spacial score (nSPS) is 13.2. The minimum atomic E-state index is -3.29. The summed E-state index contributed by atoms with van der Waals surface area (Å²) < 4.78 is 24.8. The lowest BCUT2D eigenvalue weighted by Crippen LogP contribution is -2.42. The van der Waals surface area contributed by atoms with Gasteiger partial charge in [-0.3, -0.25) is 4.79 Å². The standard InChI is InChI=1S/C14H21ClN2O3S/c1-4-11(2)17(21(3,19)20)10-9-16-14(18)12-7-5-6-8-13(12)15/h5-8,11H,4,9-10H2,1-3H3,(H,16,18). The first-order valence-electron chi connectivity index (χ1n) is 6.77. The number of nitrogens with zero attached hydrogens (tertiary/aromatic N) is 1. The third-order valence-corrected chi connectivity index (χ3v) is 4.97. The lowest BCUT2D eigenvalue weighted by Gasteiger charge is -2.26. The van der Waals surface area contributed by atoms with Crippen LogP contribution < -0.4 is 5.32 Å². The Labute approximate surface area is 131 Å². The largest absolute Gasteiger partial charge is 0.351 e. The molecular formula is C14H21ClN2O3S. The van der Waals surface area contributed by atoms with E-state index in [-0.39, 0.29) is 25.0 Å². The van der Waals surface area contributed by atoms with Crippen LogP contribution in [0.2, 0.25) is 5.02 Å². The number of carbonyl (C=O) groups excluding carboxylic acids is 1. The maximum absolute atomic E-state index is 12.0. The Morgan fingerprint density at radius 3 is 2.52 bits per heavy atom. The highest BCUT2D eigenvalue weighted by atomic mass is 35.5. The molecule has 1 rings (SSSR count). The first-order chi connectivity index (χ1) is 9.77. The summed E-state index contributed by atoms with van der Waals surface area (Å²) in [7, 11) is -3.29. The molecule has 118 valence electrons. The molecule has 1 atom stereocenters. The highest BCUT2D eigenvalue weighted by Gasteiger charge is 2.21. The second-order valence-corrected chi connectivity index (χ2v) is 7.21. The van der Waals surface area contributed by atoms with Crippen LogP contribution in [0.3, 0.4) is 0 Å². The lowest BCUT2D eigenvalue weighted by molar-refractivity contribution is 0.0950. The fourth-order valence-electron chi connectivity index (χ4n) is 1.94. The van der Waals surface area contributed by atoms with E-state index in [0.29, 0.717) is 17.0 Å². The van der Waals surface area contributed by atoms with Crippen molar-refractivity contribution in [3.05, 3.63) is 34.9 Å². The van der Waals surface area contributed by atoms with Gasteiger partial charge in [-0.15, -0.1) is 0 Å². The molecule has 0 aliphatic carbocycles. The van der Waals surface area contributed by atoms with E-state index < -0.39 is 10.0 Å². The monoisotopic (exact) mass is 332 g/mol. The van der Waals surface area contributed by atoms with Gasteiger partial charge >= 0.3 is 0 Å². The molecular weight excluding hydrogens is 312 g/mol. The predicted octanol–water partition coefficient (Wildman–Crippen LogP) is 2.13. The van der Waals surface area contributed by atoms with Crippen molar-refractivity contribution in [2.24, 2.45) is 0 Å². The molecule has 0 heterocycles. The van der Waals surface area contributed by atoms with Gasteiger partial charge in [0.2, 0.25) is 10.0 Å². The van der Waals surface area contributed by atoms with Gasteiger partial charge in [0.25, 0.3) is 5.91 Å². The zero-order valence-electron chi connectivity index (χ0n) is 12.5. The molecule has 0 aliphatic heterocycles. The quantitative estimate of drug-likeness (QED) is 0.831. The average Bonchev–Trinajstić information content (AvgIpc) is 2.41. The summed E-state index contributed by atoms with van der Waals surface area (Å²) in [6.45, 7) is 4.24. The number of rotatable bonds is 7. The van der Waals surface area contributed by atoms with Gasteiger partial charge in [0.15, 0.2) is 0 Å². The minimum Gasteiger partial charge on any atom is -0.351 e. The lowest BCUT2D eigenvalue weighted by atomic mass is 10.2. The van der Waals surface area contributed by atoms with Crippen LogP contribution in [0.25, 0.3) is 0 Å². The SMILES string of the molecule is CCC(C)N(CCNC(=O)c1ccccc1Cl)S(C)(=O)=O. The molecule has 21 heavy (non-hydrogen) atoms. The van der Waals surface area contributed by atoms with Crippen molar-refractivity contribution in [2.45, 2.75) is 26.3 Å². The molecule has 1 N–H and O–H groups in total. The summed E-state index contributed by atoms with van der Waals surface area (Å²) in [5.74, 6) is -0.307. The Bertz CT molecular complexity index is 590. The second-order valence-electron chi connectivity index (χ2n) is 4.87. The Hall–Kier alpha value is -1.11. The maximum Gasteiger partial charge on any atom is 0.252 e. The summed E-state index contributed by atoms with van der Waals surface area (Å²) in [5.41, 5.74) is 0.383. The van der Waals surface area contributed by atoms with Crippen LogP contribution in [0.4, 0.5) is 0 Å². The third kappa shape index (κ3) is 5.30. The van der Waals surface area contributed by atoms with Gasteiger partial charge in [0, 0.05) is 19.1 Å². The Kier molecular flexibility index (Phi) is 6.64. The Morgan fingerprint density at radius 1 is 1.38 bits per heavy atom. The van der Waals surface area contributed by atoms with Crippen molar-refractivity contribution < 1.29 is 13.2 Å². The van der Waals surface area contributed by atoms with Gasteiger partial charge in [-0.1, -0.05) is 30.7 Å². The van der Waals surface area contributed by atoms with Crippen molar-refractivity contribution in [1.29, 1.82) is 0 Å². The van der Waals surface area contributed by atoms with Gasteiger partial charge in [-0.2, -0.15) is 4.31 Å². The molecule has 0 saturated carbocycles. The number of halogens is 1. The molecule has 5 nitrogen and oxygen atoms in total. The molecule has 0 saturated heterocycles. The molecule has 1 amide bonds. The van der Waals surface area contributed by atoms with E-state index in [0.717, 1.165) is 0 Å². The van der Waals surface area contributed by atoms with Gasteiger partial charge < -0.3 is 5.32 Å². The summed E-state index contributed by atoms with van der Waals surface area (Å²) >= 11 is 5.94. The zero-order valence-corrected chi connectivity index (χ0v) is 14.0. The van der Waals surface area contributed by atoms with Crippen LogP contribution in [0.1, 0.15) is 30.6 Å². The molecule has 0 aromatic heterocycles. The van der Waals surface area contributed by atoms with E-state index in [4.69, 9.17) is 11.6 Å². The zero-order chi connectivity index (χ0) is 16.0. The van der Waals surface area contributed by atoms with Crippen LogP contribution in [0.15, 0.2) is 24.3 Å². The summed E-state index contributed by atoms with van der Waals surface area (Å²) in [4.78, 5) is 12.0. The van der Waals surface area contributed by atoms with Gasteiger partial charge in [0.1, 0.15) is 0 Å². The number of carbonyl (C=O) groups is 1. The molecule has 1 unspecified atom stereocenters. The van der Waals surface area contributed by atoms with Crippen molar-refractivity contribution in [1.82, 2.24) is 9.62 Å². The second kappa shape index (κ2) is 7.77. The van der Waals surface area contributed by atoms with E-state index >= 15 is 0 Å². The number of hydrogen-bond acceptors (Lipinski definition) is 3. The predicted molar refractivity (Wildman–Crippen MR) is 85.1 cm³/mol. The smallest absolute Gasteiger partial charge is 0.252 e. The van der Waals surface area contributed by atoms with E-state index in [9.17, 15) is 13.2 Å². The van der Waals surface area contributed by atoms with E-state index in [2.05, 4.69) is 5.32 Å². The fourth-order valence-corrected chi connectivity index (χ4v) is 3.38. The van der Waals surface area contributed by atoms with Crippen molar-refractivity contribution in [3.8, 4) is 0 Å². The first-order valence-corrected chi connectivity index (χ1v) is 8.99. The van der Waals surface area contributed by atoms with Gasteiger partial charge in [-0.05, 0) is 25.5 Å². The summed E-state index contributed by atoms with van der Waals surface area (Å²) in [5, 5.41) is 3.06. The van der Waals surface area contributed by atoms with Crippen molar-refractivity contribution >= 4 is 27.5 Å². The van der Waals surface area contributed by atoms with Crippen LogP contribution in [-0.2, 0) is 10.0 Å². The maximum atomic E-state index is 12.0. The third-order valence-electron chi connectivity index (χ3n) is 3.24. The molecule has 0 spiro atoms. The highest BCUT2D eigenvalue weighted by Crippen LogP contribution is 2.14. The number of sulfonamides is 1. The fraction of sp³-hybridized carbons (Fsp3) is 0.500. The van der Waals surface area contributed by atoms with E-state index in [1.165, 1.54) is 10.6 Å². The van der Waals surface area contributed by atoms with E-state index in [1.807, 2.05) is 13.8 Å². The van der Waals surface area contributed by atoms with Crippen LogP contribution in [0.5, 0.6) is 0 Å². The number of amides is 1. The molecule has 0 radical (unpaired) electrons. The van der Waals surface area contributed by atoms with Gasteiger partial charge in [0.05, 0.1) is 16.8 Å². The summed E-state index contributed by atoms with van der Waals surface area (Å²) in [6.07, 6.45) is 1.89. The minimum absolute atomic E-state index is 0.0998. The Balaban J connectivity index is 2.63. The van der Waals surface area contributed by atoms with Crippen LogP contribution in [-0.4, -0.2) is 44.0 Å². The number of nitrogens with one attached hydrogen (secondary N) is 1. The van der Waals surface area contributed by atoms with E-state index in [1.54, 1.807) is 24.3 Å². The average molecular weight is 333 g/mol.